The molecule has 0 spiro atoms. The summed E-state index contributed by atoms with van der Waals surface area (Å²) in [4.78, 5) is 12.4. The molecule has 6 heteroatoms. The van der Waals surface area contributed by atoms with Gasteiger partial charge in [0.25, 0.3) is 5.91 Å². The smallest absolute Gasteiger partial charge is 0.406 e. The van der Waals surface area contributed by atoms with Crippen molar-refractivity contribution in [2.75, 3.05) is 6.54 Å². The Morgan fingerprint density at radius 2 is 1.56 bits per heavy atom. The monoisotopic (exact) mass is 353 g/mol. The van der Waals surface area contributed by atoms with Crippen LogP contribution in [0.15, 0.2) is 24.3 Å². The van der Waals surface area contributed by atoms with E-state index in [1.165, 1.54) is 62.8 Å². The third-order valence-corrected chi connectivity index (χ3v) is 6.14. The minimum Gasteiger partial charge on any atom is -0.406 e. The lowest BCUT2D eigenvalue weighted by Crippen LogP contribution is -2.51. The molecule has 5 rings (SSSR count). The normalized spacial score (nSPS) is 33.3. The molecule has 0 aromatic heterocycles. The zero-order valence-electron chi connectivity index (χ0n) is 13.9. The van der Waals surface area contributed by atoms with Crippen molar-refractivity contribution in [2.45, 2.75) is 44.9 Å². The van der Waals surface area contributed by atoms with E-state index in [1.807, 2.05) is 0 Å². The van der Waals surface area contributed by atoms with Gasteiger partial charge in [-0.1, -0.05) is 0 Å². The quantitative estimate of drug-likeness (QED) is 0.864. The molecular formula is C19H22F3NO2. The first-order valence-corrected chi connectivity index (χ1v) is 8.94. The zero-order valence-corrected chi connectivity index (χ0v) is 13.9. The van der Waals surface area contributed by atoms with E-state index in [4.69, 9.17) is 0 Å². The highest BCUT2D eigenvalue weighted by Gasteiger charge is 2.50. The van der Waals surface area contributed by atoms with Gasteiger partial charge < -0.3 is 10.1 Å². The second-order valence-electron chi connectivity index (χ2n) is 8.17. The molecule has 0 atom stereocenters. The molecule has 1 aromatic carbocycles. The van der Waals surface area contributed by atoms with Gasteiger partial charge in [0, 0.05) is 12.1 Å². The van der Waals surface area contributed by atoms with E-state index >= 15 is 0 Å². The highest BCUT2D eigenvalue weighted by molar-refractivity contribution is 5.94. The minimum atomic E-state index is -4.72. The van der Waals surface area contributed by atoms with Crippen LogP contribution >= 0.6 is 0 Å². The summed E-state index contributed by atoms with van der Waals surface area (Å²) >= 11 is 0. The molecule has 136 valence electrons. The van der Waals surface area contributed by atoms with Gasteiger partial charge in [-0.05, 0) is 86.0 Å². The summed E-state index contributed by atoms with van der Waals surface area (Å²) in [7, 11) is 0. The maximum atomic E-state index is 12.4. The highest BCUT2D eigenvalue weighted by atomic mass is 19.4. The van der Waals surface area contributed by atoms with Gasteiger partial charge in [0.2, 0.25) is 0 Å². The molecule has 4 aliphatic rings. The predicted octanol–water partition coefficient (Wildman–Crippen LogP) is 4.53. The lowest BCUT2D eigenvalue weighted by atomic mass is 9.49. The van der Waals surface area contributed by atoms with Gasteiger partial charge in [0.15, 0.2) is 0 Å². The SMILES string of the molecule is O=C(NCC12CC3CC(CC(C3)C1)C2)c1ccc(OC(F)(F)F)cc1. The number of amides is 1. The van der Waals surface area contributed by atoms with Gasteiger partial charge in [0.1, 0.15) is 5.75 Å². The topological polar surface area (TPSA) is 38.3 Å². The van der Waals surface area contributed by atoms with Gasteiger partial charge in [0.05, 0.1) is 0 Å². The molecule has 4 aliphatic carbocycles. The van der Waals surface area contributed by atoms with E-state index in [0.29, 0.717) is 12.1 Å². The van der Waals surface area contributed by atoms with Crippen molar-refractivity contribution in [2.24, 2.45) is 23.2 Å². The van der Waals surface area contributed by atoms with Crippen LogP contribution in [0, 0.1) is 23.2 Å². The van der Waals surface area contributed by atoms with E-state index < -0.39 is 6.36 Å². The molecule has 0 radical (unpaired) electrons. The number of alkyl halides is 3. The molecular weight excluding hydrogens is 331 g/mol. The number of rotatable bonds is 4. The van der Waals surface area contributed by atoms with E-state index in [2.05, 4.69) is 10.1 Å². The maximum Gasteiger partial charge on any atom is 0.573 e. The van der Waals surface area contributed by atoms with E-state index in [1.54, 1.807) is 0 Å². The first-order valence-electron chi connectivity index (χ1n) is 8.94. The van der Waals surface area contributed by atoms with Crippen molar-refractivity contribution < 1.29 is 22.7 Å². The lowest BCUT2D eigenvalue weighted by molar-refractivity contribution is -0.274. The van der Waals surface area contributed by atoms with Crippen LogP contribution in [0.4, 0.5) is 13.2 Å². The molecule has 0 aliphatic heterocycles. The Morgan fingerprint density at radius 3 is 2.04 bits per heavy atom. The fourth-order valence-corrected chi connectivity index (χ4v) is 5.68. The molecule has 1 amide bonds. The average Bonchev–Trinajstić information content (AvgIpc) is 2.50. The molecule has 0 saturated heterocycles. The van der Waals surface area contributed by atoms with E-state index in [0.717, 1.165) is 17.8 Å². The van der Waals surface area contributed by atoms with Crippen LogP contribution in [0.1, 0.15) is 48.9 Å². The van der Waals surface area contributed by atoms with Crippen LogP contribution in [0.3, 0.4) is 0 Å². The Hall–Kier alpha value is -1.72. The second-order valence-corrected chi connectivity index (χ2v) is 8.17. The van der Waals surface area contributed by atoms with E-state index in [9.17, 15) is 18.0 Å². The Labute approximate surface area is 144 Å². The molecule has 3 nitrogen and oxygen atoms in total. The second kappa shape index (κ2) is 5.92. The average molecular weight is 353 g/mol. The van der Waals surface area contributed by atoms with Crippen molar-refractivity contribution in [3.05, 3.63) is 29.8 Å². The van der Waals surface area contributed by atoms with Crippen molar-refractivity contribution in [1.82, 2.24) is 5.32 Å². The van der Waals surface area contributed by atoms with Crippen LogP contribution in [0.2, 0.25) is 0 Å². The Morgan fingerprint density at radius 1 is 1.04 bits per heavy atom. The number of carbonyl (C=O) groups excluding carboxylic acids is 1. The van der Waals surface area contributed by atoms with Crippen LogP contribution in [0.5, 0.6) is 5.75 Å². The standard InChI is InChI=1S/C19H22F3NO2/c20-19(21,22)25-16-3-1-15(2-4-16)17(24)23-11-18-8-12-5-13(9-18)7-14(6-12)10-18/h1-4,12-14H,5-11H2,(H,23,24). The molecule has 25 heavy (non-hydrogen) atoms. The summed E-state index contributed by atoms with van der Waals surface area (Å²) in [5.41, 5.74) is 0.600. The largest absolute Gasteiger partial charge is 0.573 e. The summed E-state index contributed by atoms with van der Waals surface area (Å²) in [6.45, 7) is 0.677. The first-order chi connectivity index (χ1) is 11.8. The molecule has 1 aromatic rings. The summed E-state index contributed by atoms with van der Waals surface area (Å²) in [6, 6.07) is 5.09. The fraction of sp³-hybridized carbons (Fsp3) is 0.632. The van der Waals surface area contributed by atoms with Crippen molar-refractivity contribution in [1.29, 1.82) is 0 Å². The van der Waals surface area contributed by atoms with Crippen LogP contribution in [-0.4, -0.2) is 18.8 Å². The fourth-order valence-electron chi connectivity index (χ4n) is 5.68. The number of ether oxygens (including phenoxy) is 1. The summed E-state index contributed by atoms with van der Waals surface area (Å²) in [6.07, 6.45) is 2.96. The van der Waals surface area contributed by atoms with Crippen molar-refractivity contribution >= 4 is 5.91 Å². The predicted molar refractivity (Wildman–Crippen MR) is 86.1 cm³/mol. The molecule has 4 saturated carbocycles. The third kappa shape index (κ3) is 3.62. The van der Waals surface area contributed by atoms with Crippen LogP contribution < -0.4 is 10.1 Å². The van der Waals surface area contributed by atoms with Crippen molar-refractivity contribution in [3.8, 4) is 5.75 Å². The van der Waals surface area contributed by atoms with E-state index in [-0.39, 0.29) is 17.1 Å². The molecule has 4 bridgehead atoms. The first kappa shape index (κ1) is 16.7. The molecule has 1 N–H and O–H groups in total. The van der Waals surface area contributed by atoms with Gasteiger partial charge in [-0.3, -0.25) is 4.79 Å². The highest BCUT2D eigenvalue weighted by Crippen LogP contribution is 2.59. The number of hydrogen-bond donors (Lipinski definition) is 1. The molecule has 0 heterocycles. The van der Waals surface area contributed by atoms with Gasteiger partial charge in [-0.15, -0.1) is 13.2 Å². The Kier molecular flexibility index (Phi) is 3.96. The lowest BCUT2D eigenvalue weighted by Gasteiger charge is -2.56. The molecule has 4 fully saturated rings. The minimum absolute atomic E-state index is 0.227. The van der Waals surface area contributed by atoms with Gasteiger partial charge in [-0.25, -0.2) is 0 Å². The summed E-state index contributed by atoms with van der Waals surface area (Å²) < 4.78 is 40.4. The number of hydrogen-bond acceptors (Lipinski definition) is 2. The number of halogens is 3. The number of carbonyl (C=O) groups is 1. The number of nitrogens with one attached hydrogen (secondary N) is 1. The van der Waals surface area contributed by atoms with Gasteiger partial charge in [-0.2, -0.15) is 0 Å². The maximum absolute atomic E-state index is 12.4. The number of benzene rings is 1. The third-order valence-electron chi connectivity index (χ3n) is 6.14. The zero-order chi connectivity index (χ0) is 17.7. The Bertz CT molecular complexity index is 618. The summed E-state index contributed by atoms with van der Waals surface area (Å²) in [5, 5.41) is 3.02. The van der Waals surface area contributed by atoms with Crippen molar-refractivity contribution in [3.63, 3.8) is 0 Å². The van der Waals surface area contributed by atoms with Crippen LogP contribution in [0.25, 0.3) is 0 Å². The summed E-state index contributed by atoms with van der Waals surface area (Å²) in [5.74, 6) is 1.92. The molecule has 0 unspecified atom stereocenters. The van der Waals surface area contributed by atoms with Gasteiger partial charge >= 0.3 is 6.36 Å². The van der Waals surface area contributed by atoms with Crippen LogP contribution in [-0.2, 0) is 0 Å². The Balaban J connectivity index is 1.36.